The van der Waals surface area contributed by atoms with Gasteiger partial charge in [-0.15, -0.1) is 49.6 Å². The summed E-state index contributed by atoms with van der Waals surface area (Å²) in [6.45, 7) is 7.08. The quantitative estimate of drug-likeness (QED) is 0.718. The number of benzene rings is 1. The largest absolute Gasteiger partial charge is 0.495 e. The highest BCUT2D eigenvalue weighted by molar-refractivity contribution is 5.86. The number of piperazine rings is 1. The van der Waals surface area contributed by atoms with E-state index in [0.717, 1.165) is 24.9 Å². The van der Waals surface area contributed by atoms with E-state index in [0.29, 0.717) is 5.69 Å². The van der Waals surface area contributed by atoms with Crippen LogP contribution in [0.2, 0.25) is 0 Å². The fraction of sp³-hybridized carbons (Fsp3) is 0.647. The van der Waals surface area contributed by atoms with Crippen LogP contribution in [-0.4, -0.2) is 69.3 Å². The van der Waals surface area contributed by atoms with Crippen LogP contribution in [0.5, 0.6) is 5.75 Å². The van der Waals surface area contributed by atoms with Crippen LogP contribution in [0.15, 0.2) is 18.2 Å². The summed E-state index contributed by atoms with van der Waals surface area (Å²) in [4.78, 5) is 7.56. The normalized spacial score (nSPS) is 18.6. The third-order valence-electron chi connectivity index (χ3n) is 5.10. The Hall–Kier alpha value is -0.300. The Balaban J connectivity index is 0. The molecule has 0 radical (unpaired) electrons. The Morgan fingerprint density at radius 2 is 1.50 bits per heavy atom. The molecule has 0 bridgehead atoms. The molecular weight excluding hydrogens is 418 g/mol. The van der Waals surface area contributed by atoms with Gasteiger partial charge in [-0.25, -0.2) is 0 Å². The lowest BCUT2D eigenvalue weighted by Crippen LogP contribution is -2.52. The maximum Gasteiger partial charge on any atom is 0.143 e. The zero-order valence-corrected chi connectivity index (χ0v) is 18.7. The molecular formula is C17H32Cl4N4O. The SMILES string of the molecule is COc1cc(N2CCC(N3CCN(C)CC3)CC2)ccc1N.Cl.Cl.Cl.Cl. The van der Waals surface area contributed by atoms with E-state index in [2.05, 4.69) is 33.9 Å². The summed E-state index contributed by atoms with van der Waals surface area (Å²) in [5.74, 6) is 0.777. The first-order valence-corrected chi connectivity index (χ1v) is 8.28. The number of nitrogen functional groups attached to an aromatic ring is 1. The zero-order valence-electron chi connectivity index (χ0n) is 15.4. The van der Waals surface area contributed by atoms with Crippen LogP contribution in [-0.2, 0) is 0 Å². The van der Waals surface area contributed by atoms with Gasteiger partial charge in [0.1, 0.15) is 5.75 Å². The molecule has 26 heavy (non-hydrogen) atoms. The van der Waals surface area contributed by atoms with E-state index in [1.54, 1.807) is 7.11 Å². The highest BCUT2D eigenvalue weighted by atomic mass is 35.5. The third-order valence-corrected chi connectivity index (χ3v) is 5.10. The highest BCUT2D eigenvalue weighted by Gasteiger charge is 2.26. The van der Waals surface area contributed by atoms with Crippen LogP contribution >= 0.6 is 49.6 Å². The van der Waals surface area contributed by atoms with Crippen molar-refractivity contribution in [2.45, 2.75) is 18.9 Å². The monoisotopic (exact) mass is 448 g/mol. The van der Waals surface area contributed by atoms with Crippen molar-refractivity contribution in [3.63, 3.8) is 0 Å². The van der Waals surface area contributed by atoms with Crippen LogP contribution in [0.1, 0.15) is 12.8 Å². The average Bonchev–Trinajstić information content (AvgIpc) is 2.56. The Bertz CT molecular complexity index is 508. The number of anilines is 2. The van der Waals surface area contributed by atoms with Crippen molar-refractivity contribution < 1.29 is 4.74 Å². The minimum Gasteiger partial charge on any atom is -0.495 e. The van der Waals surface area contributed by atoms with Crippen LogP contribution in [0.3, 0.4) is 0 Å². The fourth-order valence-electron chi connectivity index (χ4n) is 3.57. The molecule has 5 nitrogen and oxygen atoms in total. The number of halogens is 4. The number of piperidine rings is 1. The molecule has 2 aliphatic heterocycles. The number of nitrogens with zero attached hydrogens (tertiary/aromatic N) is 3. The van der Waals surface area contributed by atoms with Crippen molar-refractivity contribution in [1.82, 2.24) is 9.80 Å². The van der Waals surface area contributed by atoms with Gasteiger partial charge in [0.2, 0.25) is 0 Å². The van der Waals surface area contributed by atoms with E-state index < -0.39 is 0 Å². The molecule has 1 aromatic rings. The molecule has 1 aromatic carbocycles. The van der Waals surface area contributed by atoms with Crippen molar-refractivity contribution in [3.8, 4) is 5.75 Å². The third kappa shape index (κ3) is 6.70. The number of rotatable bonds is 3. The molecule has 0 unspecified atom stereocenters. The molecule has 2 heterocycles. The van der Waals surface area contributed by atoms with Crippen molar-refractivity contribution in [2.75, 3.05) is 64.1 Å². The summed E-state index contributed by atoms with van der Waals surface area (Å²) in [5, 5.41) is 0. The van der Waals surface area contributed by atoms with Crippen LogP contribution in [0.25, 0.3) is 0 Å². The van der Waals surface area contributed by atoms with Crippen LogP contribution in [0, 0.1) is 0 Å². The van der Waals surface area contributed by atoms with Gasteiger partial charge < -0.3 is 20.3 Å². The Morgan fingerprint density at radius 3 is 2.04 bits per heavy atom. The number of hydrogen-bond acceptors (Lipinski definition) is 5. The summed E-state index contributed by atoms with van der Waals surface area (Å²) in [6, 6.07) is 6.86. The molecule has 154 valence electrons. The van der Waals surface area contributed by atoms with E-state index in [4.69, 9.17) is 10.5 Å². The summed E-state index contributed by atoms with van der Waals surface area (Å²) >= 11 is 0. The average molecular weight is 450 g/mol. The van der Waals surface area contributed by atoms with Crippen LogP contribution in [0.4, 0.5) is 11.4 Å². The highest BCUT2D eigenvalue weighted by Crippen LogP contribution is 2.30. The molecule has 2 fully saturated rings. The molecule has 2 N–H and O–H groups in total. The Morgan fingerprint density at radius 1 is 0.923 bits per heavy atom. The minimum atomic E-state index is 0. The molecule has 0 atom stereocenters. The first-order valence-electron chi connectivity index (χ1n) is 8.28. The minimum absolute atomic E-state index is 0. The van der Waals surface area contributed by atoms with Crippen molar-refractivity contribution in [3.05, 3.63) is 18.2 Å². The summed E-state index contributed by atoms with van der Waals surface area (Å²) in [5.41, 5.74) is 7.84. The van der Waals surface area contributed by atoms with Gasteiger partial charge in [-0.2, -0.15) is 0 Å². The van der Waals surface area contributed by atoms with Crippen molar-refractivity contribution in [1.29, 1.82) is 0 Å². The Labute approximate surface area is 182 Å². The molecule has 2 saturated heterocycles. The standard InChI is InChI=1S/C17H28N4O.4ClH/c1-19-9-11-21(12-10-19)14-5-7-20(8-6-14)15-3-4-16(18)17(13-15)22-2;;;;/h3-4,13-14H,5-12,18H2,1-2H3;4*1H. The molecule has 9 heteroatoms. The second-order valence-electron chi connectivity index (χ2n) is 6.48. The lowest BCUT2D eigenvalue weighted by atomic mass is 10.0. The molecule has 0 aromatic heterocycles. The number of nitrogens with two attached hydrogens (primary N) is 1. The predicted octanol–water partition coefficient (Wildman–Crippen LogP) is 3.18. The number of likely N-dealkylation sites (N-methyl/N-ethyl adjacent to an activating group) is 1. The van der Waals surface area contributed by atoms with E-state index in [1.807, 2.05) is 6.07 Å². The molecule has 0 spiro atoms. The zero-order chi connectivity index (χ0) is 15.5. The number of hydrogen-bond donors (Lipinski definition) is 1. The van der Waals surface area contributed by atoms with Crippen molar-refractivity contribution in [2.24, 2.45) is 0 Å². The summed E-state index contributed by atoms with van der Waals surface area (Å²) < 4.78 is 5.34. The predicted molar refractivity (Wildman–Crippen MR) is 121 cm³/mol. The maximum atomic E-state index is 5.91. The van der Waals surface area contributed by atoms with Gasteiger partial charge >= 0.3 is 0 Å². The second-order valence-corrected chi connectivity index (χ2v) is 6.48. The first-order chi connectivity index (χ1) is 10.7. The molecule has 0 aliphatic carbocycles. The van der Waals surface area contributed by atoms with Gasteiger partial charge in [0.05, 0.1) is 12.8 Å². The molecule has 0 amide bonds. The van der Waals surface area contributed by atoms with Gasteiger partial charge in [0, 0.05) is 57.1 Å². The summed E-state index contributed by atoms with van der Waals surface area (Å²) in [6.07, 6.45) is 2.49. The molecule has 3 rings (SSSR count). The molecule has 0 saturated carbocycles. The summed E-state index contributed by atoms with van der Waals surface area (Å²) in [7, 11) is 3.89. The molecule has 2 aliphatic rings. The topological polar surface area (TPSA) is 45.0 Å². The van der Waals surface area contributed by atoms with E-state index in [1.165, 1.54) is 44.7 Å². The van der Waals surface area contributed by atoms with E-state index in [-0.39, 0.29) is 49.6 Å². The Kier molecular flexibility index (Phi) is 13.9. The first kappa shape index (κ1) is 27.9. The van der Waals surface area contributed by atoms with Gasteiger partial charge in [-0.05, 0) is 32.0 Å². The number of ether oxygens (including phenoxy) is 1. The van der Waals surface area contributed by atoms with Gasteiger partial charge in [-0.3, -0.25) is 4.90 Å². The lowest BCUT2D eigenvalue weighted by Gasteiger charge is -2.42. The van der Waals surface area contributed by atoms with Gasteiger partial charge in [0.25, 0.3) is 0 Å². The fourth-order valence-corrected chi connectivity index (χ4v) is 3.57. The number of methoxy groups -OCH3 is 1. The smallest absolute Gasteiger partial charge is 0.143 e. The van der Waals surface area contributed by atoms with Crippen molar-refractivity contribution >= 4 is 61.0 Å². The van der Waals surface area contributed by atoms with Gasteiger partial charge in [-0.1, -0.05) is 0 Å². The lowest BCUT2D eigenvalue weighted by molar-refractivity contribution is 0.0982. The second kappa shape index (κ2) is 13.0. The van der Waals surface area contributed by atoms with E-state index >= 15 is 0 Å². The maximum absolute atomic E-state index is 5.91. The van der Waals surface area contributed by atoms with Gasteiger partial charge in [0.15, 0.2) is 0 Å². The van der Waals surface area contributed by atoms with Crippen LogP contribution < -0.4 is 15.4 Å². The van der Waals surface area contributed by atoms with E-state index in [9.17, 15) is 0 Å².